The molecule has 0 saturated carbocycles. The highest BCUT2D eigenvalue weighted by molar-refractivity contribution is 9.10. The van der Waals surface area contributed by atoms with Crippen molar-refractivity contribution in [1.82, 2.24) is 4.90 Å². The zero-order chi connectivity index (χ0) is 29.5. The van der Waals surface area contributed by atoms with Crippen LogP contribution in [-0.2, 0) is 27.3 Å². The monoisotopic (exact) mass is 631 g/mol. The van der Waals surface area contributed by atoms with Crippen molar-refractivity contribution >= 4 is 28.0 Å². The fourth-order valence-electron chi connectivity index (χ4n) is 3.87. The molecule has 3 aromatic carbocycles. The molecule has 41 heavy (non-hydrogen) atoms. The lowest BCUT2D eigenvalue weighted by Crippen LogP contribution is -2.37. The highest BCUT2D eigenvalue weighted by Gasteiger charge is 2.18. The number of nitrogens with zero attached hydrogens (tertiary/aromatic N) is 1. The quantitative estimate of drug-likeness (QED) is 0.170. The van der Waals surface area contributed by atoms with Crippen molar-refractivity contribution < 1.29 is 38.0 Å². The van der Waals surface area contributed by atoms with Gasteiger partial charge < -0.3 is 29.0 Å². The van der Waals surface area contributed by atoms with Crippen molar-refractivity contribution in [2.45, 2.75) is 38.9 Å². The Morgan fingerprint density at radius 3 is 2.20 bits per heavy atom. The highest BCUT2D eigenvalue weighted by atomic mass is 79.9. The van der Waals surface area contributed by atoms with Gasteiger partial charge in [0.25, 0.3) is 0 Å². The van der Waals surface area contributed by atoms with Crippen LogP contribution in [0.2, 0.25) is 0 Å². The van der Waals surface area contributed by atoms with Crippen LogP contribution in [0.3, 0.4) is 0 Å². The third-order valence-electron chi connectivity index (χ3n) is 6.04. The lowest BCUT2D eigenvalue weighted by atomic mass is 10.1. The van der Waals surface area contributed by atoms with Crippen molar-refractivity contribution in [3.8, 4) is 11.5 Å². The summed E-state index contributed by atoms with van der Waals surface area (Å²) in [5, 5.41) is 9.29. The minimum atomic E-state index is -0.998. The van der Waals surface area contributed by atoms with E-state index in [4.69, 9.17) is 18.9 Å². The lowest BCUT2D eigenvalue weighted by Gasteiger charge is -2.22. The van der Waals surface area contributed by atoms with Gasteiger partial charge in [0, 0.05) is 30.7 Å². The molecule has 1 amide bonds. The Kier molecular flexibility index (Phi) is 13.6. The first-order valence-corrected chi connectivity index (χ1v) is 14.2. The van der Waals surface area contributed by atoms with E-state index in [1.807, 2.05) is 0 Å². The van der Waals surface area contributed by atoms with Crippen LogP contribution in [0.15, 0.2) is 77.3 Å². The van der Waals surface area contributed by atoms with Crippen molar-refractivity contribution in [3.05, 3.63) is 94.2 Å². The van der Waals surface area contributed by atoms with Crippen LogP contribution in [0, 0.1) is 5.82 Å². The predicted octanol–water partition coefficient (Wildman–Crippen LogP) is 6.50. The number of carboxylic acid groups (broad SMARTS) is 1. The summed E-state index contributed by atoms with van der Waals surface area (Å²) in [6.45, 7) is 3.97. The molecule has 0 heterocycles. The summed E-state index contributed by atoms with van der Waals surface area (Å²) in [6, 6.07) is 20.3. The molecule has 0 aliphatic rings. The van der Waals surface area contributed by atoms with E-state index in [2.05, 4.69) is 15.9 Å². The maximum Gasteiger partial charge on any atom is 0.415 e. The normalized spacial score (nSPS) is 11.6. The van der Waals surface area contributed by atoms with Crippen LogP contribution < -0.4 is 9.47 Å². The zero-order valence-electron chi connectivity index (χ0n) is 23.0. The number of unbranched alkanes of at least 4 members (excludes halogenated alkanes) is 1. The summed E-state index contributed by atoms with van der Waals surface area (Å²) in [5.41, 5.74) is 1.71. The summed E-state index contributed by atoms with van der Waals surface area (Å²) in [7, 11) is 0. The van der Waals surface area contributed by atoms with E-state index in [-0.39, 0.29) is 18.8 Å². The van der Waals surface area contributed by atoms with Gasteiger partial charge in [0.1, 0.15) is 23.9 Å². The van der Waals surface area contributed by atoms with E-state index >= 15 is 0 Å². The number of benzene rings is 3. The first kappa shape index (κ1) is 32.0. The number of carbonyl (C=O) groups is 2. The van der Waals surface area contributed by atoms with Crippen LogP contribution >= 0.6 is 15.9 Å². The maximum atomic E-state index is 13.0. The van der Waals surface area contributed by atoms with E-state index in [1.54, 1.807) is 72.5 Å². The number of aliphatic carboxylic acids is 1. The smallest absolute Gasteiger partial charge is 0.415 e. The summed E-state index contributed by atoms with van der Waals surface area (Å²) < 4.78 is 36.3. The number of carbonyl (C=O) groups excluding carboxylic acids is 1. The Hall–Kier alpha value is -3.47. The SMILES string of the molecule is CCOC(Cc1ccc(OCCN(CCCCOCc2ccc(F)cc2)C(=O)Oc2ccc(Br)cc2)cc1)C(=O)O. The van der Waals surface area contributed by atoms with Gasteiger partial charge in [0.2, 0.25) is 0 Å². The minimum Gasteiger partial charge on any atom is -0.492 e. The second kappa shape index (κ2) is 17.4. The van der Waals surface area contributed by atoms with Crippen molar-refractivity contribution in [3.63, 3.8) is 0 Å². The van der Waals surface area contributed by atoms with Gasteiger partial charge >= 0.3 is 12.1 Å². The molecule has 1 atom stereocenters. The van der Waals surface area contributed by atoms with Crippen LogP contribution in [0.25, 0.3) is 0 Å². The van der Waals surface area contributed by atoms with Gasteiger partial charge in [-0.2, -0.15) is 0 Å². The fraction of sp³-hybridized carbons (Fsp3) is 0.355. The Balaban J connectivity index is 1.48. The molecule has 1 unspecified atom stereocenters. The molecule has 3 aromatic rings. The lowest BCUT2D eigenvalue weighted by molar-refractivity contribution is -0.149. The average molecular weight is 633 g/mol. The van der Waals surface area contributed by atoms with E-state index in [0.29, 0.717) is 50.8 Å². The molecule has 0 bridgehead atoms. The zero-order valence-corrected chi connectivity index (χ0v) is 24.6. The van der Waals surface area contributed by atoms with Gasteiger partial charge in [-0.3, -0.25) is 0 Å². The molecule has 0 saturated heterocycles. The largest absolute Gasteiger partial charge is 0.492 e. The molecule has 0 spiro atoms. The first-order valence-electron chi connectivity index (χ1n) is 13.4. The molecular formula is C31H35BrFNO7. The molecule has 0 aromatic heterocycles. The van der Waals surface area contributed by atoms with Crippen LogP contribution in [0.4, 0.5) is 9.18 Å². The Morgan fingerprint density at radius 1 is 0.878 bits per heavy atom. The second-order valence-electron chi connectivity index (χ2n) is 9.17. The molecule has 3 rings (SSSR count). The predicted molar refractivity (Wildman–Crippen MR) is 156 cm³/mol. The summed E-state index contributed by atoms with van der Waals surface area (Å²) in [4.78, 5) is 25.9. The van der Waals surface area contributed by atoms with Gasteiger partial charge in [-0.15, -0.1) is 0 Å². The number of halogens is 2. The first-order chi connectivity index (χ1) is 19.8. The topological polar surface area (TPSA) is 94.5 Å². The number of hydrogen-bond acceptors (Lipinski definition) is 6. The Morgan fingerprint density at radius 2 is 1.54 bits per heavy atom. The Bertz CT molecular complexity index is 1210. The summed E-state index contributed by atoms with van der Waals surface area (Å²) in [5.74, 6) is -0.237. The summed E-state index contributed by atoms with van der Waals surface area (Å²) >= 11 is 3.37. The number of amides is 1. The highest BCUT2D eigenvalue weighted by Crippen LogP contribution is 2.18. The molecule has 220 valence electrons. The molecule has 0 fully saturated rings. The van der Waals surface area contributed by atoms with E-state index in [1.165, 1.54) is 12.1 Å². The number of ether oxygens (including phenoxy) is 4. The minimum absolute atomic E-state index is 0.243. The molecule has 1 N–H and O–H groups in total. The van der Waals surface area contributed by atoms with Gasteiger partial charge in [0.15, 0.2) is 6.10 Å². The second-order valence-corrected chi connectivity index (χ2v) is 10.1. The van der Waals surface area contributed by atoms with Crippen LogP contribution in [0.5, 0.6) is 11.5 Å². The van der Waals surface area contributed by atoms with Crippen LogP contribution in [0.1, 0.15) is 30.9 Å². The van der Waals surface area contributed by atoms with Crippen molar-refractivity contribution in [2.24, 2.45) is 0 Å². The van der Waals surface area contributed by atoms with Gasteiger partial charge in [0.05, 0.1) is 13.2 Å². The van der Waals surface area contributed by atoms with E-state index in [0.717, 1.165) is 22.0 Å². The molecule has 0 aliphatic carbocycles. The molecule has 0 aliphatic heterocycles. The third-order valence-corrected chi connectivity index (χ3v) is 6.57. The van der Waals surface area contributed by atoms with Crippen molar-refractivity contribution in [1.29, 1.82) is 0 Å². The maximum absolute atomic E-state index is 13.0. The number of carboxylic acids is 1. The average Bonchev–Trinajstić information content (AvgIpc) is 2.96. The van der Waals surface area contributed by atoms with E-state index in [9.17, 15) is 19.1 Å². The molecule has 8 nitrogen and oxygen atoms in total. The summed E-state index contributed by atoms with van der Waals surface area (Å²) in [6.07, 6.45) is 0.301. The van der Waals surface area contributed by atoms with Gasteiger partial charge in [-0.05, 0) is 79.4 Å². The molecule has 0 radical (unpaired) electrons. The van der Waals surface area contributed by atoms with E-state index < -0.39 is 18.2 Å². The number of hydrogen-bond donors (Lipinski definition) is 1. The van der Waals surface area contributed by atoms with Crippen LogP contribution in [-0.4, -0.2) is 61.1 Å². The fourth-order valence-corrected chi connectivity index (χ4v) is 4.13. The Labute approximate surface area is 248 Å². The molecular weight excluding hydrogens is 597 g/mol. The van der Waals surface area contributed by atoms with Crippen molar-refractivity contribution in [2.75, 3.05) is 32.9 Å². The number of rotatable bonds is 17. The van der Waals surface area contributed by atoms with Gasteiger partial charge in [-0.1, -0.05) is 40.2 Å². The third kappa shape index (κ3) is 11.9. The molecule has 10 heteroatoms. The standard InChI is InChI=1S/C31H35BrFNO7/c1-2-39-29(30(35)36)21-23-7-13-27(14-8-23)40-20-18-34(31(37)41-28-15-9-25(32)10-16-28)17-3-4-19-38-22-24-5-11-26(33)12-6-24/h5-16,29H,2-4,17-22H2,1H3,(H,35,36). The van der Waals surface area contributed by atoms with Gasteiger partial charge in [-0.25, -0.2) is 14.0 Å².